The third-order valence-electron chi connectivity index (χ3n) is 3.32. The second-order valence-electron chi connectivity index (χ2n) is 4.92. The van der Waals surface area contributed by atoms with Crippen LogP contribution in [0.1, 0.15) is 10.4 Å². The van der Waals surface area contributed by atoms with Gasteiger partial charge >= 0.3 is 5.97 Å². The lowest BCUT2D eigenvalue weighted by Crippen LogP contribution is -2.20. The fourth-order valence-electron chi connectivity index (χ4n) is 2.05. The molecule has 2 rings (SSSR count). The SMILES string of the molecule is COC(=O)c1ccc(OC)c(OCC(=O)Nc2ccc(OC)cc2)c1. The summed E-state index contributed by atoms with van der Waals surface area (Å²) in [5.74, 6) is 0.518. The first-order valence-electron chi connectivity index (χ1n) is 7.40. The van der Waals surface area contributed by atoms with E-state index in [1.807, 2.05) is 0 Å². The van der Waals surface area contributed by atoms with Gasteiger partial charge in [0.25, 0.3) is 5.91 Å². The zero-order valence-corrected chi connectivity index (χ0v) is 14.2. The molecule has 0 saturated heterocycles. The minimum absolute atomic E-state index is 0.243. The summed E-state index contributed by atoms with van der Waals surface area (Å²) in [4.78, 5) is 23.6. The molecule has 2 aromatic carbocycles. The number of esters is 1. The van der Waals surface area contributed by atoms with Crippen LogP contribution in [0, 0.1) is 0 Å². The van der Waals surface area contributed by atoms with E-state index in [0.717, 1.165) is 0 Å². The van der Waals surface area contributed by atoms with E-state index < -0.39 is 5.97 Å². The molecule has 7 nitrogen and oxygen atoms in total. The van der Waals surface area contributed by atoms with Gasteiger partial charge in [-0.15, -0.1) is 0 Å². The van der Waals surface area contributed by atoms with Crippen molar-refractivity contribution in [2.45, 2.75) is 0 Å². The first-order valence-corrected chi connectivity index (χ1v) is 7.40. The zero-order valence-electron chi connectivity index (χ0n) is 14.2. The average molecular weight is 345 g/mol. The lowest BCUT2D eigenvalue weighted by atomic mass is 10.2. The summed E-state index contributed by atoms with van der Waals surface area (Å²) in [6.45, 7) is -0.243. The smallest absolute Gasteiger partial charge is 0.337 e. The zero-order chi connectivity index (χ0) is 18.2. The van der Waals surface area contributed by atoms with Crippen molar-refractivity contribution in [2.75, 3.05) is 33.3 Å². The van der Waals surface area contributed by atoms with Gasteiger partial charge in [-0.05, 0) is 42.5 Å². The van der Waals surface area contributed by atoms with Gasteiger partial charge in [-0.3, -0.25) is 4.79 Å². The number of hydrogen-bond acceptors (Lipinski definition) is 6. The van der Waals surface area contributed by atoms with E-state index in [1.165, 1.54) is 20.3 Å². The molecule has 0 atom stereocenters. The molecule has 0 aliphatic carbocycles. The number of rotatable bonds is 7. The minimum atomic E-state index is -0.504. The fourth-order valence-corrected chi connectivity index (χ4v) is 2.05. The van der Waals surface area contributed by atoms with Crippen LogP contribution in [0.5, 0.6) is 17.2 Å². The molecular weight excluding hydrogens is 326 g/mol. The first kappa shape index (κ1) is 18.1. The van der Waals surface area contributed by atoms with Crippen LogP contribution in [-0.2, 0) is 9.53 Å². The van der Waals surface area contributed by atoms with Crippen LogP contribution in [-0.4, -0.2) is 39.8 Å². The van der Waals surface area contributed by atoms with Crippen molar-refractivity contribution in [3.8, 4) is 17.2 Å². The van der Waals surface area contributed by atoms with Gasteiger partial charge in [-0.25, -0.2) is 4.79 Å². The Morgan fingerprint density at radius 3 is 2.24 bits per heavy atom. The summed E-state index contributed by atoms with van der Waals surface area (Å²) in [5.41, 5.74) is 0.915. The van der Waals surface area contributed by atoms with E-state index >= 15 is 0 Å². The Morgan fingerprint density at radius 2 is 1.64 bits per heavy atom. The first-order chi connectivity index (χ1) is 12.1. The van der Waals surface area contributed by atoms with Gasteiger partial charge < -0.3 is 24.3 Å². The van der Waals surface area contributed by atoms with E-state index in [0.29, 0.717) is 22.7 Å². The maximum Gasteiger partial charge on any atom is 0.337 e. The van der Waals surface area contributed by atoms with Gasteiger partial charge in [-0.1, -0.05) is 0 Å². The minimum Gasteiger partial charge on any atom is -0.497 e. The molecule has 0 aliphatic rings. The quantitative estimate of drug-likeness (QED) is 0.777. The van der Waals surface area contributed by atoms with Crippen LogP contribution in [0.25, 0.3) is 0 Å². The Labute approximate surface area is 145 Å². The monoisotopic (exact) mass is 345 g/mol. The van der Waals surface area contributed by atoms with Gasteiger partial charge in [0.15, 0.2) is 18.1 Å². The molecule has 0 spiro atoms. The van der Waals surface area contributed by atoms with Crippen LogP contribution >= 0.6 is 0 Å². The van der Waals surface area contributed by atoms with Crippen LogP contribution in [0.2, 0.25) is 0 Å². The number of carbonyl (C=O) groups is 2. The summed E-state index contributed by atoms with van der Waals surface area (Å²) >= 11 is 0. The third-order valence-corrected chi connectivity index (χ3v) is 3.32. The fraction of sp³-hybridized carbons (Fsp3) is 0.222. The van der Waals surface area contributed by atoms with Gasteiger partial charge in [0, 0.05) is 5.69 Å². The van der Waals surface area contributed by atoms with Crippen molar-refractivity contribution >= 4 is 17.6 Å². The molecule has 0 unspecified atom stereocenters. The number of nitrogens with one attached hydrogen (secondary N) is 1. The molecule has 1 amide bonds. The summed E-state index contributed by atoms with van der Waals surface area (Å²) in [5, 5.41) is 2.70. The van der Waals surface area contributed by atoms with Crippen LogP contribution in [0.15, 0.2) is 42.5 Å². The normalized spacial score (nSPS) is 9.88. The van der Waals surface area contributed by atoms with E-state index in [9.17, 15) is 9.59 Å². The summed E-state index contributed by atoms with van der Waals surface area (Å²) in [6, 6.07) is 11.5. The molecular formula is C18H19NO6. The van der Waals surface area contributed by atoms with Crippen molar-refractivity contribution in [1.29, 1.82) is 0 Å². The molecule has 2 aromatic rings. The highest BCUT2D eigenvalue weighted by Gasteiger charge is 2.13. The summed E-state index contributed by atoms with van der Waals surface area (Å²) in [7, 11) is 4.32. The Bertz CT molecular complexity index is 742. The number of amides is 1. The van der Waals surface area contributed by atoms with Gasteiger partial charge in [0.1, 0.15) is 5.75 Å². The maximum absolute atomic E-state index is 12.0. The largest absolute Gasteiger partial charge is 0.497 e. The second kappa shape index (κ2) is 8.58. The van der Waals surface area contributed by atoms with E-state index in [1.54, 1.807) is 43.5 Å². The molecule has 0 saturated carbocycles. The van der Waals surface area contributed by atoms with Crippen molar-refractivity contribution in [2.24, 2.45) is 0 Å². The molecule has 0 heterocycles. The van der Waals surface area contributed by atoms with E-state index in [4.69, 9.17) is 14.2 Å². The second-order valence-corrected chi connectivity index (χ2v) is 4.92. The van der Waals surface area contributed by atoms with Crippen molar-refractivity contribution < 1.29 is 28.5 Å². The molecule has 0 radical (unpaired) electrons. The molecule has 0 fully saturated rings. The van der Waals surface area contributed by atoms with E-state index in [2.05, 4.69) is 10.1 Å². The molecule has 0 aromatic heterocycles. The van der Waals surface area contributed by atoms with Gasteiger partial charge in [0.05, 0.1) is 26.9 Å². The molecule has 1 N–H and O–H groups in total. The number of methoxy groups -OCH3 is 3. The summed E-state index contributed by atoms with van der Waals surface area (Å²) < 4.78 is 20.4. The maximum atomic E-state index is 12.0. The Hall–Kier alpha value is -3.22. The number of ether oxygens (including phenoxy) is 4. The Morgan fingerprint density at radius 1 is 0.920 bits per heavy atom. The van der Waals surface area contributed by atoms with Crippen LogP contribution < -0.4 is 19.5 Å². The topological polar surface area (TPSA) is 83.1 Å². The molecule has 7 heteroatoms. The number of hydrogen-bond donors (Lipinski definition) is 1. The lowest BCUT2D eigenvalue weighted by Gasteiger charge is -2.12. The van der Waals surface area contributed by atoms with Crippen molar-refractivity contribution in [1.82, 2.24) is 0 Å². The van der Waals surface area contributed by atoms with Crippen molar-refractivity contribution in [3.05, 3.63) is 48.0 Å². The lowest BCUT2D eigenvalue weighted by molar-refractivity contribution is -0.118. The van der Waals surface area contributed by atoms with Crippen molar-refractivity contribution in [3.63, 3.8) is 0 Å². The van der Waals surface area contributed by atoms with E-state index in [-0.39, 0.29) is 18.3 Å². The van der Waals surface area contributed by atoms with Gasteiger partial charge in [-0.2, -0.15) is 0 Å². The van der Waals surface area contributed by atoms with Crippen LogP contribution in [0.3, 0.4) is 0 Å². The standard InChI is InChI=1S/C18H19NO6/c1-22-14-7-5-13(6-8-14)19-17(20)11-25-16-10-12(18(21)24-3)4-9-15(16)23-2/h4-10H,11H2,1-3H3,(H,19,20). The molecule has 25 heavy (non-hydrogen) atoms. The number of anilines is 1. The Kier molecular flexibility index (Phi) is 6.22. The molecule has 0 bridgehead atoms. The predicted molar refractivity (Wildman–Crippen MR) is 91.5 cm³/mol. The number of carbonyl (C=O) groups excluding carboxylic acids is 2. The summed E-state index contributed by atoms with van der Waals surface area (Å²) in [6.07, 6.45) is 0. The molecule has 132 valence electrons. The predicted octanol–water partition coefficient (Wildman–Crippen LogP) is 2.51. The highest BCUT2D eigenvalue weighted by Crippen LogP contribution is 2.28. The Balaban J connectivity index is 2.01. The highest BCUT2D eigenvalue weighted by molar-refractivity contribution is 5.92. The third kappa shape index (κ3) is 4.87. The number of benzene rings is 2. The average Bonchev–Trinajstić information content (AvgIpc) is 2.66. The highest BCUT2D eigenvalue weighted by atomic mass is 16.5. The van der Waals surface area contributed by atoms with Crippen LogP contribution in [0.4, 0.5) is 5.69 Å². The molecule has 0 aliphatic heterocycles. The van der Waals surface area contributed by atoms with Gasteiger partial charge in [0.2, 0.25) is 0 Å².